The van der Waals surface area contributed by atoms with Gasteiger partial charge in [0.2, 0.25) is 10.0 Å². The molecule has 0 aliphatic carbocycles. The monoisotopic (exact) mass is 387 g/mol. The van der Waals surface area contributed by atoms with Gasteiger partial charge in [-0.15, -0.1) is 6.58 Å². The van der Waals surface area contributed by atoms with Crippen LogP contribution in [-0.2, 0) is 16.6 Å². The summed E-state index contributed by atoms with van der Waals surface area (Å²) >= 11 is 0. The highest BCUT2D eigenvalue weighted by Crippen LogP contribution is 2.16. The number of carbonyl (C=O) groups is 1. The summed E-state index contributed by atoms with van der Waals surface area (Å²) in [6.45, 7) is 4.10. The molecule has 0 fully saturated rings. The Kier molecular flexibility index (Phi) is 6.76. The number of nitrogens with one attached hydrogen (secondary N) is 1. The Bertz CT molecular complexity index is 889. The quantitative estimate of drug-likeness (QED) is 0.707. The van der Waals surface area contributed by atoms with Crippen LogP contribution in [0.4, 0.5) is 5.69 Å². The van der Waals surface area contributed by atoms with E-state index in [0.717, 1.165) is 11.3 Å². The molecule has 0 atom stereocenters. The zero-order valence-electron chi connectivity index (χ0n) is 15.8. The summed E-state index contributed by atoms with van der Waals surface area (Å²) in [5.74, 6) is -0.172. The minimum Gasteiger partial charge on any atom is -0.378 e. The van der Waals surface area contributed by atoms with Gasteiger partial charge in [-0.2, -0.15) is 0 Å². The maximum Gasteiger partial charge on any atom is 0.253 e. The molecule has 2 rings (SSSR count). The molecule has 0 unspecified atom stereocenters. The van der Waals surface area contributed by atoms with E-state index in [-0.39, 0.29) is 17.3 Å². The molecular formula is C20H25N3O3S. The molecule has 0 radical (unpaired) electrons. The molecule has 0 bridgehead atoms. The number of nitrogens with zero attached hydrogens (tertiary/aromatic N) is 2. The minimum atomic E-state index is -3.59. The van der Waals surface area contributed by atoms with Gasteiger partial charge >= 0.3 is 0 Å². The number of amides is 1. The maximum atomic E-state index is 12.6. The van der Waals surface area contributed by atoms with Crippen molar-refractivity contribution >= 4 is 21.6 Å². The van der Waals surface area contributed by atoms with Crippen molar-refractivity contribution in [1.82, 2.24) is 9.62 Å². The van der Waals surface area contributed by atoms with Crippen LogP contribution < -0.4 is 9.62 Å². The van der Waals surface area contributed by atoms with Crippen molar-refractivity contribution in [2.75, 3.05) is 32.6 Å². The molecule has 27 heavy (non-hydrogen) atoms. The predicted molar refractivity (Wildman–Crippen MR) is 108 cm³/mol. The van der Waals surface area contributed by atoms with Crippen molar-refractivity contribution in [3.8, 4) is 0 Å². The largest absolute Gasteiger partial charge is 0.378 e. The van der Waals surface area contributed by atoms with Crippen LogP contribution in [0.5, 0.6) is 0 Å². The van der Waals surface area contributed by atoms with Crippen molar-refractivity contribution in [3.05, 3.63) is 72.3 Å². The molecule has 7 heteroatoms. The molecule has 1 amide bonds. The van der Waals surface area contributed by atoms with Crippen LogP contribution in [0.2, 0.25) is 0 Å². The minimum absolute atomic E-state index is 0.114. The van der Waals surface area contributed by atoms with E-state index >= 15 is 0 Å². The molecule has 2 aromatic rings. The first-order chi connectivity index (χ1) is 12.7. The van der Waals surface area contributed by atoms with Gasteiger partial charge in [-0.3, -0.25) is 4.79 Å². The lowest BCUT2D eigenvalue weighted by atomic mass is 10.1. The smallest absolute Gasteiger partial charge is 0.253 e. The molecule has 0 aliphatic heterocycles. The van der Waals surface area contributed by atoms with Gasteiger partial charge in [0, 0.05) is 45.5 Å². The molecule has 0 aliphatic rings. The van der Waals surface area contributed by atoms with Gasteiger partial charge in [0.1, 0.15) is 0 Å². The molecule has 144 valence electrons. The lowest BCUT2D eigenvalue weighted by molar-refractivity contribution is 0.0785. The number of benzene rings is 2. The standard InChI is InChI=1S/C20H25N3O3S/c1-5-14-21-27(25,26)19-12-8-17(9-13-19)20(24)23(4)15-16-6-10-18(11-7-16)22(2)3/h5-13,21H,1,14-15H2,2-4H3. The van der Waals surface area contributed by atoms with Gasteiger partial charge in [-0.25, -0.2) is 13.1 Å². The average Bonchev–Trinajstić information content (AvgIpc) is 2.66. The lowest BCUT2D eigenvalue weighted by Gasteiger charge is -2.18. The fraction of sp³-hybridized carbons (Fsp3) is 0.250. The predicted octanol–water partition coefficient (Wildman–Crippen LogP) is 2.49. The van der Waals surface area contributed by atoms with Gasteiger partial charge in [0.25, 0.3) is 5.91 Å². The summed E-state index contributed by atoms with van der Waals surface area (Å²) in [7, 11) is 2.07. The van der Waals surface area contributed by atoms with Crippen molar-refractivity contribution < 1.29 is 13.2 Å². The van der Waals surface area contributed by atoms with Crippen molar-refractivity contribution in [1.29, 1.82) is 0 Å². The zero-order valence-corrected chi connectivity index (χ0v) is 16.7. The van der Waals surface area contributed by atoms with Gasteiger partial charge in [-0.1, -0.05) is 18.2 Å². The molecule has 0 saturated carbocycles. The highest BCUT2D eigenvalue weighted by Gasteiger charge is 2.16. The topological polar surface area (TPSA) is 69.7 Å². The maximum absolute atomic E-state index is 12.6. The number of anilines is 1. The van der Waals surface area contributed by atoms with Crippen LogP contribution >= 0.6 is 0 Å². The van der Waals surface area contributed by atoms with Crippen molar-refractivity contribution in [2.24, 2.45) is 0 Å². The normalized spacial score (nSPS) is 11.1. The summed E-state index contributed by atoms with van der Waals surface area (Å²) in [6.07, 6.45) is 1.47. The molecule has 1 N–H and O–H groups in total. The van der Waals surface area contributed by atoms with Gasteiger partial charge in [-0.05, 0) is 42.0 Å². The first-order valence-electron chi connectivity index (χ1n) is 8.47. The second kappa shape index (κ2) is 8.83. The Balaban J connectivity index is 2.07. The number of rotatable bonds is 8. The third-order valence-corrected chi connectivity index (χ3v) is 5.49. The first kappa shape index (κ1) is 20.7. The van der Waals surface area contributed by atoms with E-state index < -0.39 is 10.0 Å². The third-order valence-electron chi connectivity index (χ3n) is 4.05. The van der Waals surface area contributed by atoms with E-state index in [1.807, 2.05) is 43.3 Å². The second-order valence-corrected chi connectivity index (χ2v) is 8.15. The molecule has 0 saturated heterocycles. The average molecular weight is 388 g/mol. The first-order valence-corrected chi connectivity index (χ1v) is 9.95. The lowest BCUT2D eigenvalue weighted by Crippen LogP contribution is -2.26. The van der Waals surface area contributed by atoms with Crippen LogP contribution in [0, 0.1) is 0 Å². The summed E-state index contributed by atoms with van der Waals surface area (Å²) < 4.78 is 26.5. The fourth-order valence-corrected chi connectivity index (χ4v) is 3.49. The number of hydrogen-bond acceptors (Lipinski definition) is 4. The fourth-order valence-electron chi connectivity index (χ4n) is 2.49. The Hall–Kier alpha value is -2.64. The molecular weight excluding hydrogens is 362 g/mol. The van der Waals surface area contributed by atoms with E-state index in [4.69, 9.17) is 0 Å². The Morgan fingerprint density at radius 2 is 1.63 bits per heavy atom. The van der Waals surface area contributed by atoms with E-state index in [9.17, 15) is 13.2 Å². The van der Waals surface area contributed by atoms with Crippen LogP contribution in [-0.4, -0.2) is 46.9 Å². The van der Waals surface area contributed by atoms with Crippen molar-refractivity contribution in [2.45, 2.75) is 11.4 Å². The SMILES string of the molecule is C=CCNS(=O)(=O)c1ccc(C(=O)N(C)Cc2ccc(N(C)C)cc2)cc1. The Labute approximate surface area is 161 Å². The van der Waals surface area contributed by atoms with Gasteiger partial charge in [0.15, 0.2) is 0 Å². The van der Waals surface area contributed by atoms with Crippen LogP contribution in [0.1, 0.15) is 15.9 Å². The third kappa shape index (κ3) is 5.42. The van der Waals surface area contributed by atoms with Crippen molar-refractivity contribution in [3.63, 3.8) is 0 Å². The zero-order chi connectivity index (χ0) is 20.0. The van der Waals surface area contributed by atoms with Crippen LogP contribution in [0.15, 0.2) is 66.1 Å². The second-order valence-electron chi connectivity index (χ2n) is 6.39. The van der Waals surface area contributed by atoms with Crippen LogP contribution in [0.25, 0.3) is 0 Å². The van der Waals surface area contributed by atoms with E-state index in [2.05, 4.69) is 11.3 Å². The Morgan fingerprint density at radius 3 is 2.15 bits per heavy atom. The van der Waals surface area contributed by atoms with Crippen LogP contribution in [0.3, 0.4) is 0 Å². The molecule has 0 spiro atoms. The summed E-state index contributed by atoms with van der Waals surface area (Å²) in [5.41, 5.74) is 2.55. The summed E-state index contributed by atoms with van der Waals surface area (Å²) in [5, 5.41) is 0. The van der Waals surface area contributed by atoms with Gasteiger partial charge < -0.3 is 9.80 Å². The highest BCUT2D eigenvalue weighted by atomic mass is 32.2. The Morgan fingerprint density at radius 1 is 1.04 bits per heavy atom. The van der Waals surface area contributed by atoms with E-state index in [1.165, 1.54) is 30.3 Å². The summed E-state index contributed by atoms with van der Waals surface area (Å²) in [4.78, 5) is 16.3. The van der Waals surface area contributed by atoms with E-state index in [1.54, 1.807) is 11.9 Å². The number of carbonyl (C=O) groups excluding carboxylic acids is 1. The molecule has 2 aromatic carbocycles. The highest BCUT2D eigenvalue weighted by molar-refractivity contribution is 7.89. The molecule has 0 heterocycles. The summed E-state index contributed by atoms with van der Waals surface area (Å²) in [6, 6.07) is 13.9. The number of sulfonamides is 1. The van der Waals surface area contributed by atoms with Gasteiger partial charge in [0.05, 0.1) is 4.90 Å². The molecule has 6 nitrogen and oxygen atoms in total. The number of hydrogen-bond donors (Lipinski definition) is 1. The van der Waals surface area contributed by atoms with E-state index in [0.29, 0.717) is 12.1 Å². The molecule has 0 aromatic heterocycles.